The molecule has 4 heteroatoms. The highest BCUT2D eigenvalue weighted by atomic mass is 16.3. The lowest BCUT2D eigenvalue weighted by Crippen LogP contribution is -2.22. The molecule has 0 aliphatic rings. The van der Waals surface area contributed by atoms with E-state index in [2.05, 4.69) is 5.32 Å². The molecule has 16 heavy (non-hydrogen) atoms. The van der Waals surface area contributed by atoms with Crippen molar-refractivity contribution in [1.29, 1.82) is 0 Å². The van der Waals surface area contributed by atoms with Crippen LogP contribution < -0.4 is 5.32 Å². The Bertz CT molecular complexity index is 319. The molecule has 4 nitrogen and oxygen atoms in total. The highest BCUT2D eigenvalue weighted by Crippen LogP contribution is 2.24. The van der Waals surface area contributed by atoms with Gasteiger partial charge in [-0.3, -0.25) is 0 Å². The van der Waals surface area contributed by atoms with Gasteiger partial charge < -0.3 is 20.6 Å². The number of nitrogens with one attached hydrogen (secondary N) is 1. The fourth-order valence-corrected chi connectivity index (χ4v) is 1.49. The van der Waals surface area contributed by atoms with E-state index in [-0.39, 0.29) is 23.6 Å². The van der Waals surface area contributed by atoms with Gasteiger partial charge in [0, 0.05) is 12.1 Å². The Hall–Kier alpha value is -1.26. The molecule has 0 aliphatic carbocycles. The van der Waals surface area contributed by atoms with E-state index in [0.717, 1.165) is 5.56 Å². The molecule has 2 atom stereocenters. The maximum absolute atomic E-state index is 9.33. The Balaban J connectivity index is 2.55. The largest absolute Gasteiger partial charge is 0.508 e. The zero-order chi connectivity index (χ0) is 12.1. The summed E-state index contributed by atoms with van der Waals surface area (Å²) in [4.78, 5) is 0. The van der Waals surface area contributed by atoms with Gasteiger partial charge >= 0.3 is 0 Å². The second-order valence-electron chi connectivity index (χ2n) is 4.10. The van der Waals surface area contributed by atoms with Crippen LogP contribution in [0.4, 0.5) is 0 Å². The van der Waals surface area contributed by atoms with Gasteiger partial charge in [0.25, 0.3) is 0 Å². The number of phenols is 2. The molecule has 0 saturated carbocycles. The second-order valence-corrected chi connectivity index (χ2v) is 4.10. The van der Waals surface area contributed by atoms with Crippen LogP contribution in [0.5, 0.6) is 11.5 Å². The molecule has 4 N–H and O–H groups in total. The van der Waals surface area contributed by atoms with Crippen LogP contribution in [0.15, 0.2) is 18.2 Å². The molecule has 1 rings (SSSR count). The summed E-state index contributed by atoms with van der Waals surface area (Å²) in [7, 11) is 0. The fourth-order valence-electron chi connectivity index (χ4n) is 1.49. The highest BCUT2D eigenvalue weighted by molar-refractivity contribution is 5.37. The van der Waals surface area contributed by atoms with Crippen molar-refractivity contribution in [3.63, 3.8) is 0 Å². The molecule has 1 aromatic carbocycles. The molecule has 0 bridgehead atoms. The SMILES string of the molecule is CC(O)CCNC(C)c1cc(O)cc(O)c1. The first kappa shape index (κ1) is 12.8. The molecular formula is C12H19NO3. The summed E-state index contributed by atoms with van der Waals surface area (Å²) in [5.74, 6) is 0.110. The maximum Gasteiger partial charge on any atom is 0.119 e. The molecule has 0 amide bonds. The van der Waals surface area contributed by atoms with Gasteiger partial charge in [0.1, 0.15) is 11.5 Å². The van der Waals surface area contributed by atoms with Crippen LogP contribution in [0.3, 0.4) is 0 Å². The van der Waals surface area contributed by atoms with E-state index in [0.29, 0.717) is 13.0 Å². The van der Waals surface area contributed by atoms with Crippen molar-refractivity contribution in [2.75, 3.05) is 6.54 Å². The summed E-state index contributed by atoms with van der Waals surface area (Å²) in [6.07, 6.45) is 0.354. The van der Waals surface area contributed by atoms with Gasteiger partial charge in [0.15, 0.2) is 0 Å². The molecule has 0 aliphatic heterocycles. The predicted octanol–water partition coefficient (Wildman–Crippen LogP) is 1.52. The Morgan fingerprint density at radius 2 is 1.69 bits per heavy atom. The number of aliphatic hydroxyl groups excluding tert-OH is 1. The van der Waals surface area contributed by atoms with Gasteiger partial charge in [-0.25, -0.2) is 0 Å². The molecule has 0 aromatic heterocycles. The first-order valence-electron chi connectivity index (χ1n) is 5.43. The summed E-state index contributed by atoms with van der Waals surface area (Å²) in [5.41, 5.74) is 0.822. The van der Waals surface area contributed by atoms with Crippen LogP contribution in [0.2, 0.25) is 0 Å². The van der Waals surface area contributed by atoms with Crippen molar-refractivity contribution in [2.45, 2.75) is 32.4 Å². The lowest BCUT2D eigenvalue weighted by atomic mass is 10.1. The molecule has 0 spiro atoms. The maximum atomic E-state index is 9.33. The third-order valence-electron chi connectivity index (χ3n) is 2.44. The average Bonchev–Trinajstić information content (AvgIpc) is 2.15. The van der Waals surface area contributed by atoms with Gasteiger partial charge in [-0.15, -0.1) is 0 Å². The van der Waals surface area contributed by atoms with Crippen LogP contribution in [-0.2, 0) is 0 Å². The normalized spacial score (nSPS) is 14.7. The Morgan fingerprint density at radius 3 is 2.19 bits per heavy atom. The summed E-state index contributed by atoms with van der Waals surface area (Å²) in [6.45, 7) is 4.37. The van der Waals surface area contributed by atoms with Gasteiger partial charge in [0.05, 0.1) is 6.10 Å². The summed E-state index contributed by atoms with van der Waals surface area (Å²) in [6, 6.07) is 4.54. The summed E-state index contributed by atoms with van der Waals surface area (Å²) < 4.78 is 0. The minimum absolute atomic E-state index is 0.0248. The first-order chi connectivity index (χ1) is 7.49. The molecule has 0 heterocycles. The van der Waals surface area contributed by atoms with Gasteiger partial charge in [0.2, 0.25) is 0 Å². The van der Waals surface area contributed by atoms with Crippen LogP contribution in [0, 0.1) is 0 Å². The number of aromatic hydroxyl groups is 2. The van der Waals surface area contributed by atoms with Crippen molar-refractivity contribution in [2.24, 2.45) is 0 Å². The molecule has 0 saturated heterocycles. The lowest BCUT2D eigenvalue weighted by molar-refractivity contribution is 0.182. The standard InChI is InChI=1S/C12H19NO3/c1-8(14)3-4-13-9(2)10-5-11(15)7-12(16)6-10/h5-9,13-16H,3-4H2,1-2H3. The van der Waals surface area contributed by atoms with E-state index in [1.54, 1.807) is 19.1 Å². The molecule has 0 fully saturated rings. The van der Waals surface area contributed by atoms with Crippen LogP contribution >= 0.6 is 0 Å². The zero-order valence-electron chi connectivity index (χ0n) is 9.64. The van der Waals surface area contributed by atoms with Crippen molar-refractivity contribution >= 4 is 0 Å². The van der Waals surface area contributed by atoms with Crippen molar-refractivity contribution in [3.05, 3.63) is 23.8 Å². The number of hydrogen-bond acceptors (Lipinski definition) is 4. The molecule has 90 valence electrons. The van der Waals surface area contributed by atoms with Gasteiger partial charge in [-0.2, -0.15) is 0 Å². The van der Waals surface area contributed by atoms with Crippen LogP contribution in [0.1, 0.15) is 31.9 Å². The van der Waals surface area contributed by atoms with E-state index >= 15 is 0 Å². The summed E-state index contributed by atoms with van der Waals surface area (Å²) >= 11 is 0. The van der Waals surface area contributed by atoms with Gasteiger partial charge in [-0.1, -0.05) is 0 Å². The number of benzene rings is 1. The topological polar surface area (TPSA) is 72.7 Å². The highest BCUT2D eigenvalue weighted by Gasteiger charge is 2.07. The molecule has 0 radical (unpaired) electrons. The van der Waals surface area contributed by atoms with E-state index in [4.69, 9.17) is 5.11 Å². The van der Waals surface area contributed by atoms with E-state index in [1.807, 2.05) is 6.92 Å². The second kappa shape index (κ2) is 5.72. The smallest absolute Gasteiger partial charge is 0.119 e. The average molecular weight is 225 g/mol. The minimum Gasteiger partial charge on any atom is -0.508 e. The van der Waals surface area contributed by atoms with Crippen molar-refractivity contribution in [3.8, 4) is 11.5 Å². The number of rotatable bonds is 5. The monoisotopic (exact) mass is 225 g/mol. The fraction of sp³-hybridized carbons (Fsp3) is 0.500. The van der Waals surface area contributed by atoms with E-state index < -0.39 is 0 Å². The third kappa shape index (κ3) is 4.08. The molecule has 1 aromatic rings. The first-order valence-corrected chi connectivity index (χ1v) is 5.43. The van der Waals surface area contributed by atoms with Crippen LogP contribution in [0.25, 0.3) is 0 Å². The van der Waals surface area contributed by atoms with Crippen molar-refractivity contribution in [1.82, 2.24) is 5.32 Å². The Labute approximate surface area is 95.6 Å². The lowest BCUT2D eigenvalue weighted by Gasteiger charge is -2.15. The predicted molar refractivity (Wildman–Crippen MR) is 62.5 cm³/mol. The summed E-state index contributed by atoms with van der Waals surface area (Å²) in [5, 5.41) is 31.0. The van der Waals surface area contributed by atoms with Gasteiger partial charge in [-0.05, 0) is 44.5 Å². The van der Waals surface area contributed by atoms with E-state index in [1.165, 1.54) is 6.07 Å². The Kier molecular flexibility index (Phi) is 4.58. The zero-order valence-corrected chi connectivity index (χ0v) is 9.64. The third-order valence-corrected chi connectivity index (χ3v) is 2.44. The van der Waals surface area contributed by atoms with Crippen molar-refractivity contribution < 1.29 is 15.3 Å². The minimum atomic E-state index is -0.322. The molecule has 2 unspecified atom stereocenters. The number of hydrogen-bond donors (Lipinski definition) is 4. The number of aliphatic hydroxyl groups is 1. The molecular weight excluding hydrogens is 206 g/mol. The quantitative estimate of drug-likeness (QED) is 0.613. The number of phenolic OH excluding ortho intramolecular Hbond substituents is 2. The Morgan fingerprint density at radius 1 is 1.12 bits per heavy atom. The van der Waals surface area contributed by atoms with E-state index in [9.17, 15) is 10.2 Å². The van der Waals surface area contributed by atoms with Crippen LogP contribution in [-0.4, -0.2) is 28.0 Å².